The van der Waals surface area contributed by atoms with E-state index in [2.05, 4.69) is 31.2 Å². The second-order valence-electron chi connectivity index (χ2n) is 6.25. The first-order valence-corrected chi connectivity index (χ1v) is 6.94. The first-order valence-electron chi connectivity index (χ1n) is 6.94. The van der Waals surface area contributed by atoms with Crippen molar-refractivity contribution in [2.24, 2.45) is 5.41 Å². The lowest BCUT2D eigenvalue weighted by atomic mass is 9.72. The van der Waals surface area contributed by atoms with E-state index in [0.717, 1.165) is 24.2 Å². The van der Waals surface area contributed by atoms with Crippen LogP contribution in [0.1, 0.15) is 69.8 Å². The Bertz CT molecular complexity index is 459. The van der Waals surface area contributed by atoms with E-state index in [0.29, 0.717) is 5.69 Å². The molecule has 0 fully saturated rings. The molecule has 0 spiro atoms. The molecule has 1 N–H and O–H groups in total. The molecule has 0 atom stereocenters. The predicted octanol–water partition coefficient (Wildman–Crippen LogP) is 3.49. The van der Waals surface area contributed by atoms with E-state index < -0.39 is 0 Å². The number of carbonyl (C=O) groups excluding carboxylic acids is 1. The van der Waals surface area contributed by atoms with Crippen LogP contribution in [-0.2, 0) is 6.42 Å². The van der Waals surface area contributed by atoms with Crippen molar-refractivity contribution in [1.29, 1.82) is 0 Å². The van der Waals surface area contributed by atoms with Gasteiger partial charge in [-0.1, -0.05) is 32.9 Å². The second-order valence-corrected chi connectivity index (χ2v) is 6.25. The van der Waals surface area contributed by atoms with Crippen molar-refractivity contribution in [3.05, 3.63) is 17.0 Å². The monoisotopic (exact) mass is 266 g/mol. The minimum Gasteiger partial charge on any atom is -0.360 e. The van der Waals surface area contributed by atoms with Gasteiger partial charge in [0.15, 0.2) is 5.69 Å². The highest BCUT2D eigenvalue weighted by atomic mass is 16.5. The molecule has 1 rings (SSSR count). The van der Waals surface area contributed by atoms with Crippen LogP contribution >= 0.6 is 0 Å². The number of nitrogens with zero attached hydrogens (tertiary/aromatic N) is 1. The zero-order valence-corrected chi connectivity index (χ0v) is 13.2. The SMILES string of the molecule is CCc1onc(C(=O)NC(C)(C)C(C)(C)CC)c1C. The summed E-state index contributed by atoms with van der Waals surface area (Å²) < 4.78 is 5.18. The topological polar surface area (TPSA) is 55.1 Å². The molecule has 0 aromatic carbocycles. The van der Waals surface area contributed by atoms with Gasteiger partial charge in [0.2, 0.25) is 0 Å². The van der Waals surface area contributed by atoms with Crippen molar-refractivity contribution in [3.8, 4) is 0 Å². The van der Waals surface area contributed by atoms with Gasteiger partial charge in [0.05, 0.1) is 0 Å². The molecule has 0 unspecified atom stereocenters. The molecule has 0 bridgehead atoms. The van der Waals surface area contributed by atoms with Crippen LogP contribution in [0.4, 0.5) is 0 Å². The number of aryl methyl sites for hydroxylation is 1. The average molecular weight is 266 g/mol. The molecule has 0 saturated heterocycles. The number of nitrogens with one attached hydrogen (secondary N) is 1. The highest BCUT2D eigenvalue weighted by molar-refractivity contribution is 5.94. The third-order valence-electron chi connectivity index (χ3n) is 4.56. The van der Waals surface area contributed by atoms with Gasteiger partial charge < -0.3 is 9.84 Å². The fraction of sp³-hybridized carbons (Fsp3) is 0.733. The van der Waals surface area contributed by atoms with E-state index in [4.69, 9.17) is 4.52 Å². The largest absolute Gasteiger partial charge is 0.360 e. The van der Waals surface area contributed by atoms with Gasteiger partial charge in [0.1, 0.15) is 5.76 Å². The Morgan fingerprint density at radius 2 is 1.84 bits per heavy atom. The van der Waals surface area contributed by atoms with Crippen molar-refractivity contribution in [2.45, 2.75) is 66.8 Å². The van der Waals surface area contributed by atoms with Gasteiger partial charge >= 0.3 is 0 Å². The summed E-state index contributed by atoms with van der Waals surface area (Å²) in [5, 5.41) is 6.97. The maximum absolute atomic E-state index is 12.3. The van der Waals surface area contributed by atoms with Gasteiger partial charge in [-0.3, -0.25) is 4.79 Å². The van der Waals surface area contributed by atoms with Crippen LogP contribution in [0.25, 0.3) is 0 Å². The summed E-state index contributed by atoms with van der Waals surface area (Å²) in [7, 11) is 0. The molecule has 108 valence electrons. The molecule has 1 heterocycles. The number of rotatable bonds is 5. The van der Waals surface area contributed by atoms with E-state index in [1.165, 1.54) is 0 Å². The first kappa shape index (κ1) is 15.7. The zero-order valence-electron chi connectivity index (χ0n) is 13.2. The third kappa shape index (κ3) is 2.99. The van der Waals surface area contributed by atoms with Crippen molar-refractivity contribution in [3.63, 3.8) is 0 Å². The maximum Gasteiger partial charge on any atom is 0.274 e. The Labute approximate surface area is 115 Å². The van der Waals surface area contributed by atoms with Crippen molar-refractivity contribution < 1.29 is 9.32 Å². The number of carbonyl (C=O) groups is 1. The van der Waals surface area contributed by atoms with Crippen molar-refractivity contribution in [1.82, 2.24) is 10.5 Å². The molecule has 4 nitrogen and oxygen atoms in total. The van der Waals surface area contributed by atoms with E-state index in [9.17, 15) is 4.79 Å². The Morgan fingerprint density at radius 1 is 1.26 bits per heavy atom. The van der Waals surface area contributed by atoms with Crippen LogP contribution in [0.15, 0.2) is 4.52 Å². The molecule has 0 aliphatic carbocycles. The maximum atomic E-state index is 12.3. The molecule has 4 heteroatoms. The van der Waals surface area contributed by atoms with E-state index in [-0.39, 0.29) is 16.9 Å². The van der Waals surface area contributed by atoms with Crippen LogP contribution in [0.3, 0.4) is 0 Å². The molecular formula is C15H26N2O2. The Kier molecular flexibility index (Phi) is 4.43. The van der Waals surface area contributed by atoms with Crippen LogP contribution in [0.2, 0.25) is 0 Å². The quantitative estimate of drug-likeness (QED) is 0.887. The summed E-state index contributed by atoms with van der Waals surface area (Å²) in [6.07, 6.45) is 1.73. The number of amides is 1. The van der Waals surface area contributed by atoms with E-state index >= 15 is 0 Å². The number of hydrogen-bond donors (Lipinski definition) is 1. The van der Waals surface area contributed by atoms with Gasteiger partial charge in [-0.25, -0.2) is 0 Å². The molecule has 19 heavy (non-hydrogen) atoms. The van der Waals surface area contributed by atoms with Crippen molar-refractivity contribution in [2.75, 3.05) is 0 Å². The van der Waals surface area contributed by atoms with Crippen LogP contribution in [0, 0.1) is 12.3 Å². The van der Waals surface area contributed by atoms with Gasteiger partial charge in [0.25, 0.3) is 5.91 Å². The fourth-order valence-corrected chi connectivity index (χ4v) is 1.87. The van der Waals surface area contributed by atoms with E-state index in [1.807, 2.05) is 27.7 Å². The Morgan fingerprint density at radius 3 is 2.26 bits per heavy atom. The minimum absolute atomic E-state index is 0.00782. The fourth-order valence-electron chi connectivity index (χ4n) is 1.87. The summed E-state index contributed by atoms with van der Waals surface area (Å²) in [5.74, 6) is 0.616. The van der Waals surface area contributed by atoms with Gasteiger partial charge in [-0.15, -0.1) is 0 Å². The standard InChI is InChI=1S/C15H26N2O2/c1-8-11-10(3)12(17-19-11)13(18)16-15(6,7)14(4,5)9-2/h8-9H2,1-7H3,(H,16,18). The van der Waals surface area contributed by atoms with Crippen LogP contribution in [-0.4, -0.2) is 16.6 Å². The highest BCUT2D eigenvalue weighted by Crippen LogP contribution is 2.33. The smallest absolute Gasteiger partial charge is 0.274 e. The molecular weight excluding hydrogens is 240 g/mol. The molecule has 1 aromatic rings. The van der Waals surface area contributed by atoms with Crippen LogP contribution in [0.5, 0.6) is 0 Å². The number of aromatic nitrogens is 1. The molecule has 0 saturated carbocycles. The Hall–Kier alpha value is -1.32. The lowest BCUT2D eigenvalue weighted by Gasteiger charge is -2.41. The molecule has 1 amide bonds. The summed E-state index contributed by atoms with van der Waals surface area (Å²) in [6, 6.07) is 0. The highest BCUT2D eigenvalue weighted by Gasteiger charge is 2.37. The summed E-state index contributed by atoms with van der Waals surface area (Å²) in [5.41, 5.74) is 0.937. The minimum atomic E-state index is -0.309. The van der Waals surface area contributed by atoms with Crippen LogP contribution < -0.4 is 5.32 Å². The summed E-state index contributed by atoms with van der Waals surface area (Å²) in [4.78, 5) is 12.3. The van der Waals surface area contributed by atoms with Gasteiger partial charge in [-0.05, 0) is 32.6 Å². The first-order chi connectivity index (χ1) is 8.66. The van der Waals surface area contributed by atoms with E-state index in [1.54, 1.807) is 0 Å². The summed E-state index contributed by atoms with van der Waals surface area (Å²) >= 11 is 0. The molecule has 0 aliphatic heterocycles. The average Bonchev–Trinajstić information content (AvgIpc) is 2.69. The molecule has 1 aromatic heterocycles. The predicted molar refractivity (Wildman–Crippen MR) is 76.2 cm³/mol. The summed E-state index contributed by atoms with van der Waals surface area (Å²) in [6.45, 7) is 14.4. The lowest BCUT2D eigenvalue weighted by Crippen LogP contribution is -2.53. The zero-order chi connectivity index (χ0) is 14.8. The second kappa shape index (κ2) is 5.35. The molecule has 0 aliphatic rings. The lowest BCUT2D eigenvalue weighted by molar-refractivity contribution is 0.0788. The van der Waals surface area contributed by atoms with Gasteiger partial charge in [0, 0.05) is 17.5 Å². The number of hydrogen-bond acceptors (Lipinski definition) is 3. The van der Waals surface area contributed by atoms with Gasteiger partial charge in [-0.2, -0.15) is 0 Å². The molecule has 0 radical (unpaired) electrons. The normalized spacial score (nSPS) is 12.6. The Balaban J connectivity index is 2.94. The van der Waals surface area contributed by atoms with Crippen molar-refractivity contribution >= 4 is 5.91 Å². The third-order valence-corrected chi connectivity index (χ3v) is 4.56.